The first kappa shape index (κ1) is 21.8. The highest BCUT2D eigenvalue weighted by Crippen LogP contribution is 2.23. The molecule has 0 spiro atoms. The lowest BCUT2D eigenvalue weighted by atomic mass is 10.2. The van der Waals surface area contributed by atoms with Gasteiger partial charge in [-0.2, -0.15) is 0 Å². The van der Waals surface area contributed by atoms with Crippen LogP contribution in [0.5, 0.6) is 0 Å². The summed E-state index contributed by atoms with van der Waals surface area (Å²) < 4.78 is 2.68. The zero-order valence-corrected chi connectivity index (χ0v) is 19.1. The highest BCUT2D eigenvalue weighted by atomic mass is 79.9. The maximum Gasteiger partial charge on any atom is 0.253 e. The van der Waals surface area contributed by atoms with Crippen molar-refractivity contribution in [1.82, 2.24) is 25.4 Å². The molecule has 1 aliphatic rings. The summed E-state index contributed by atoms with van der Waals surface area (Å²) in [6.07, 6.45) is 4.52. The molecular weight excluding hydrogens is 454 g/mol. The van der Waals surface area contributed by atoms with Crippen LogP contribution in [0.1, 0.15) is 61.8 Å². The van der Waals surface area contributed by atoms with E-state index in [9.17, 15) is 9.59 Å². The largest absolute Gasteiger partial charge is 0.353 e. The lowest BCUT2D eigenvalue weighted by Crippen LogP contribution is -2.33. The molecule has 9 heteroatoms. The zero-order chi connectivity index (χ0) is 20.8. The average molecular weight is 480 g/mol. The molecule has 1 fully saturated rings. The molecule has 3 rings (SSSR count). The van der Waals surface area contributed by atoms with Gasteiger partial charge in [0.2, 0.25) is 5.91 Å². The molecule has 2 aromatic rings. The third kappa shape index (κ3) is 5.60. The quantitative estimate of drug-likeness (QED) is 0.563. The standard InChI is InChI=1S/C20H26BrN5O2S/c1-3-26-18(13(2)22-19(28)15-10-6-7-11-16(15)21)24-25-20(26)29-12-17(27)23-14-8-4-5-9-14/h6-7,10-11,13-14H,3-5,8-9,12H2,1-2H3,(H,22,28)(H,23,27)/t13-/m1/s1. The Morgan fingerprint density at radius 3 is 2.69 bits per heavy atom. The number of nitrogens with one attached hydrogen (secondary N) is 2. The molecule has 1 aliphatic carbocycles. The van der Waals surface area contributed by atoms with Gasteiger partial charge in [-0.3, -0.25) is 9.59 Å². The Kier molecular flexibility index (Phi) is 7.71. The summed E-state index contributed by atoms with van der Waals surface area (Å²) in [4.78, 5) is 24.8. The van der Waals surface area contributed by atoms with Crippen molar-refractivity contribution in [2.75, 3.05) is 5.75 Å². The predicted molar refractivity (Wildman–Crippen MR) is 117 cm³/mol. The highest BCUT2D eigenvalue weighted by molar-refractivity contribution is 9.10. The molecule has 0 saturated heterocycles. The third-order valence-electron chi connectivity index (χ3n) is 4.97. The number of hydrogen-bond donors (Lipinski definition) is 2. The van der Waals surface area contributed by atoms with Crippen molar-refractivity contribution in [3.63, 3.8) is 0 Å². The number of rotatable bonds is 8. The van der Waals surface area contributed by atoms with Gasteiger partial charge < -0.3 is 15.2 Å². The molecule has 0 unspecified atom stereocenters. The summed E-state index contributed by atoms with van der Waals surface area (Å²) in [5.74, 6) is 0.837. The van der Waals surface area contributed by atoms with E-state index in [1.165, 1.54) is 24.6 Å². The number of carbonyl (C=O) groups excluding carboxylic acids is 2. The lowest BCUT2D eigenvalue weighted by Gasteiger charge is -2.16. The van der Waals surface area contributed by atoms with E-state index >= 15 is 0 Å². The van der Waals surface area contributed by atoms with Crippen LogP contribution in [0.3, 0.4) is 0 Å². The van der Waals surface area contributed by atoms with Crippen molar-refractivity contribution >= 4 is 39.5 Å². The summed E-state index contributed by atoms with van der Waals surface area (Å²) in [6.45, 7) is 4.54. The lowest BCUT2D eigenvalue weighted by molar-refractivity contribution is -0.119. The van der Waals surface area contributed by atoms with E-state index < -0.39 is 0 Å². The van der Waals surface area contributed by atoms with Crippen molar-refractivity contribution in [3.05, 3.63) is 40.1 Å². The minimum atomic E-state index is -0.316. The van der Waals surface area contributed by atoms with Crippen LogP contribution in [-0.2, 0) is 11.3 Å². The van der Waals surface area contributed by atoms with Gasteiger partial charge in [0.05, 0.1) is 17.4 Å². The Labute approximate surface area is 183 Å². The maximum absolute atomic E-state index is 12.6. The summed E-state index contributed by atoms with van der Waals surface area (Å²) in [7, 11) is 0. The van der Waals surface area contributed by atoms with E-state index in [4.69, 9.17) is 0 Å². The van der Waals surface area contributed by atoms with Gasteiger partial charge in [0.15, 0.2) is 11.0 Å². The summed E-state index contributed by atoms with van der Waals surface area (Å²) in [5, 5.41) is 15.3. The molecule has 156 valence electrons. The van der Waals surface area contributed by atoms with E-state index in [-0.39, 0.29) is 17.9 Å². The van der Waals surface area contributed by atoms with Crippen molar-refractivity contribution in [1.29, 1.82) is 0 Å². The first-order chi connectivity index (χ1) is 14.0. The Bertz CT molecular complexity index is 866. The smallest absolute Gasteiger partial charge is 0.253 e. The van der Waals surface area contributed by atoms with E-state index in [0.29, 0.717) is 34.9 Å². The number of amides is 2. The predicted octanol–water partition coefficient (Wildman–Crippen LogP) is 3.70. The van der Waals surface area contributed by atoms with E-state index in [0.717, 1.165) is 17.3 Å². The number of thioether (sulfide) groups is 1. The maximum atomic E-state index is 12.6. The van der Waals surface area contributed by atoms with Gasteiger partial charge in [-0.25, -0.2) is 0 Å². The zero-order valence-electron chi connectivity index (χ0n) is 16.7. The average Bonchev–Trinajstić information content (AvgIpc) is 3.35. The van der Waals surface area contributed by atoms with Gasteiger partial charge in [0.25, 0.3) is 5.91 Å². The molecule has 1 heterocycles. The first-order valence-electron chi connectivity index (χ1n) is 9.90. The van der Waals surface area contributed by atoms with Crippen molar-refractivity contribution in [2.45, 2.75) is 63.3 Å². The second-order valence-corrected chi connectivity index (χ2v) is 8.89. The molecular formula is C20H26BrN5O2S. The van der Waals surface area contributed by atoms with Gasteiger partial charge in [0, 0.05) is 17.1 Å². The van der Waals surface area contributed by atoms with Crippen molar-refractivity contribution in [3.8, 4) is 0 Å². The SMILES string of the molecule is CCn1c(SCC(=O)NC2CCCC2)nnc1[C@@H](C)NC(=O)c1ccccc1Br. The van der Waals surface area contributed by atoms with Gasteiger partial charge in [-0.05, 0) is 54.8 Å². The number of aromatic nitrogens is 3. The fourth-order valence-electron chi connectivity index (χ4n) is 3.48. The number of benzene rings is 1. The summed E-state index contributed by atoms with van der Waals surface area (Å²) >= 11 is 4.78. The molecule has 1 aromatic carbocycles. The number of nitrogens with zero attached hydrogens (tertiary/aromatic N) is 3. The molecule has 7 nitrogen and oxygen atoms in total. The van der Waals surface area contributed by atoms with Gasteiger partial charge in [0.1, 0.15) is 0 Å². The molecule has 1 aromatic heterocycles. The Balaban J connectivity index is 1.61. The van der Waals surface area contributed by atoms with Crippen LogP contribution in [-0.4, -0.2) is 38.4 Å². The topological polar surface area (TPSA) is 88.9 Å². The Morgan fingerprint density at radius 1 is 1.28 bits per heavy atom. The second kappa shape index (κ2) is 10.2. The van der Waals surface area contributed by atoms with Crippen molar-refractivity contribution in [2.24, 2.45) is 0 Å². The molecule has 1 saturated carbocycles. The van der Waals surface area contributed by atoms with Crippen LogP contribution < -0.4 is 10.6 Å². The van der Waals surface area contributed by atoms with Gasteiger partial charge in [-0.1, -0.05) is 36.7 Å². The molecule has 0 aliphatic heterocycles. The Hall–Kier alpha value is -1.87. The normalized spacial score (nSPS) is 15.3. The van der Waals surface area contributed by atoms with Gasteiger partial charge in [-0.15, -0.1) is 10.2 Å². The fourth-order valence-corrected chi connectivity index (χ4v) is 4.76. The number of hydrogen-bond acceptors (Lipinski definition) is 5. The van der Waals surface area contributed by atoms with Crippen LogP contribution in [0.2, 0.25) is 0 Å². The molecule has 0 bridgehead atoms. The van der Waals surface area contributed by atoms with Crippen molar-refractivity contribution < 1.29 is 9.59 Å². The number of carbonyl (C=O) groups is 2. The summed E-state index contributed by atoms with van der Waals surface area (Å²) in [5.41, 5.74) is 0.570. The molecule has 29 heavy (non-hydrogen) atoms. The molecule has 1 atom stereocenters. The van der Waals surface area contributed by atoms with E-state index in [1.807, 2.05) is 36.6 Å². The minimum Gasteiger partial charge on any atom is -0.353 e. The van der Waals surface area contributed by atoms with E-state index in [1.54, 1.807) is 6.07 Å². The van der Waals surface area contributed by atoms with Crippen LogP contribution >= 0.6 is 27.7 Å². The molecule has 2 N–H and O–H groups in total. The molecule has 0 radical (unpaired) electrons. The summed E-state index contributed by atoms with van der Waals surface area (Å²) in [6, 6.07) is 7.29. The van der Waals surface area contributed by atoms with Crippen LogP contribution in [0.15, 0.2) is 33.9 Å². The van der Waals surface area contributed by atoms with Crippen LogP contribution in [0.4, 0.5) is 0 Å². The monoisotopic (exact) mass is 479 g/mol. The van der Waals surface area contributed by atoms with Gasteiger partial charge >= 0.3 is 0 Å². The van der Waals surface area contributed by atoms with Crippen LogP contribution in [0, 0.1) is 0 Å². The first-order valence-corrected chi connectivity index (χ1v) is 11.7. The van der Waals surface area contributed by atoms with Crippen LogP contribution in [0.25, 0.3) is 0 Å². The highest BCUT2D eigenvalue weighted by Gasteiger charge is 2.22. The minimum absolute atomic E-state index is 0.0318. The molecule has 2 amide bonds. The number of halogens is 1. The van der Waals surface area contributed by atoms with E-state index in [2.05, 4.69) is 36.8 Å². The second-order valence-electron chi connectivity index (χ2n) is 7.10. The Morgan fingerprint density at radius 2 is 2.00 bits per heavy atom. The third-order valence-corrected chi connectivity index (χ3v) is 6.63. The fraction of sp³-hybridized carbons (Fsp3) is 0.500.